The molecule has 2 rings (SSSR count). The van der Waals surface area contributed by atoms with E-state index in [0.717, 1.165) is 0 Å². The third-order valence-corrected chi connectivity index (χ3v) is 2.33. The van der Waals surface area contributed by atoms with Gasteiger partial charge in [-0.2, -0.15) is 5.10 Å². The Bertz CT molecular complexity index is 572. The average Bonchev–Trinajstić information content (AvgIpc) is 2.70. The summed E-state index contributed by atoms with van der Waals surface area (Å²) in [5, 5.41) is 3.99. The number of hydrogen-bond donors (Lipinski definition) is 0. The van der Waals surface area contributed by atoms with Crippen LogP contribution in [0.2, 0.25) is 0 Å². The standard InChI is InChI=1S/C11H10N2O3/c1-7(14)8-3-4-13-10(5-8)9(6-12-13)11(15)16-2/h3-6H,1-2H3. The number of Topliss-reactive ketones (excluding diaryl/α,β-unsaturated/α-hetero) is 1. The lowest BCUT2D eigenvalue weighted by atomic mass is 10.1. The SMILES string of the molecule is COC(=O)c1cnn2ccc(C(C)=O)cc12. The topological polar surface area (TPSA) is 60.7 Å². The maximum Gasteiger partial charge on any atom is 0.341 e. The van der Waals surface area contributed by atoms with E-state index in [1.807, 2.05) is 0 Å². The largest absolute Gasteiger partial charge is 0.465 e. The molecule has 16 heavy (non-hydrogen) atoms. The predicted molar refractivity (Wildman–Crippen MR) is 56.5 cm³/mol. The Labute approximate surface area is 91.6 Å². The molecule has 0 amide bonds. The molecule has 0 aromatic carbocycles. The van der Waals surface area contributed by atoms with Crippen molar-refractivity contribution in [3.63, 3.8) is 0 Å². The third kappa shape index (κ3) is 1.56. The second-order valence-corrected chi connectivity index (χ2v) is 3.35. The van der Waals surface area contributed by atoms with Gasteiger partial charge < -0.3 is 4.74 Å². The summed E-state index contributed by atoms with van der Waals surface area (Å²) in [7, 11) is 1.31. The van der Waals surface area contributed by atoms with E-state index in [1.54, 1.807) is 18.3 Å². The molecule has 5 heteroatoms. The van der Waals surface area contributed by atoms with Crippen LogP contribution in [-0.2, 0) is 4.74 Å². The van der Waals surface area contributed by atoms with Crippen LogP contribution in [0.15, 0.2) is 24.5 Å². The number of rotatable bonds is 2. The summed E-state index contributed by atoms with van der Waals surface area (Å²) in [5.74, 6) is -0.518. The molecule has 0 radical (unpaired) electrons. The van der Waals surface area contributed by atoms with Gasteiger partial charge in [-0.3, -0.25) is 4.79 Å². The maximum atomic E-state index is 11.4. The van der Waals surface area contributed by atoms with Crippen molar-refractivity contribution in [3.8, 4) is 0 Å². The highest BCUT2D eigenvalue weighted by Gasteiger charge is 2.13. The molecule has 0 aliphatic carbocycles. The van der Waals surface area contributed by atoms with E-state index < -0.39 is 5.97 Å². The molecule has 2 aromatic heterocycles. The lowest BCUT2D eigenvalue weighted by molar-refractivity contribution is 0.0602. The number of carbonyl (C=O) groups excluding carboxylic acids is 2. The Morgan fingerprint density at radius 1 is 1.44 bits per heavy atom. The van der Waals surface area contributed by atoms with Gasteiger partial charge >= 0.3 is 5.97 Å². The van der Waals surface area contributed by atoms with E-state index >= 15 is 0 Å². The van der Waals surface area contributed by atoms with Gasteiger partial charge in [0.15, 0.2) is 5.78 Å². The fraction of sp³-hybridized carbons (Fsp3) is 0.182. The molecule has 0 N–H and O–H groups in total. The molecule has 2 heterocycles. The molecule has 0 saturated heterocycles. The number of hydrogen-bond acceptors (Lipinski definition) is 4. The van der Waals surface area contributed by atoms with Gasteiger partial charge in [0, 0.05) is 11.8 Å². The molecule has 0 bridgehead atoms. The molecule has 5 nitrogen and oxygen atoms in total. The minimum atomic E-state index is -0.462. The van der Waals surface area contributed by atoms with Crippen LogP contribution in [0.5, 0.6) is 0 Å². The number of nitrogens with zero attached hydrogens (tertiary/aromatic N) is 2. The minimum absolute atomic E-state index is 0.0560. The predicted octanol–water partition coefficient (Wildman–Crippen LogP) is 1.32. The number of ketones is 1. The van der Waals surface area contributed by atoms with Crippen LogP contribution in [0.25, 0.3) is 5.52 Å². The molecule has 0 aliphatic heterocycles. The van der Waals surface area contributed by atoms with E-state index in [0.29, 0.717) is 16.6 Å². The molecule has 2 aromatic rings. The second-order valence-electron chi connectivity index (χ2n) is 3.35. The highest BCUT2D eigenvalue weighted by Crippen LogP contribution is 2.14. The average molecular weight is 218 g/mol. The summed E-state index contributed by atoms with van der Waals surface area (Å²) in [6.07, 6.45) is 3.06. The van der Waals surface area contributed by atoms with Crippen molar-refractivity contribution in [3.05, 3.63) is 35.7 Å². The Morgan fingerprint density at radius 3 is 2.81 bits per heavy atom. The molecule has 0 fully saturated rings. The number of fused-ring (bicyclic) bond motifs is 1. The maximum absolute atomic E-state index is 11.4. The van der Waals surface area contributed by atoms with Gasteiger partial charge in [0.25, 0.3) is 0 Å². The molecular weight excluding hydrogens is 208 g/mol. The number of esters is 1. The Hall–Kier alpha value is -2.17. The minimum Gasteiger partial charge on any atom is -0.465 e. The highest BCUT2D eigenvalue weighted by atomic mass is 16.5. The van der Waals surface area contributed by atoms with Crippen molar-refractivity contribution in [2.24, 2.45) is 0 Å². The van der Waals surface area contributed by atoms with Gasteiger partial charge in [-0.15, -0.1) is 0 Å². The fourth-order valence-corrected chi connectivity index (χ4v) is 1.47. The van der Waals surface area contributed by atoms with Crippen molar-refractivity contribution in [2.45, 2.75) is 6.92 Å². The van der Waals surface area contributed by atoms with E-state index in [9.17, 15) is 9.59 Å². The van der Waals surface area contributed by atoms with Crippen LogP contribution in [0.1, 0.15) is 27.6 Å². The first-order chi connectivity index (χ1) is 7.63. The van der Waals surface area contributed by atoms with E-state index in [-0.39, 0.29) is 5.78 Å². The Morgan fingerprint density at radius 2 is 2.19 bits per heavy atom. The van der Waals surface area contributed by atoms with Gasteiger partial charge in [-0.25, -0.2) is 9.31 Å². The number of aromatic nitrogens is 2. The number of carbonyl (C=O) groups is 2. The van der Waals surface area contributed by atoms with Crippen LogP contribution in [0.4, 0.5) is 0 Å². The second kappa shape index (κ2) is 3.77. The van der Waals surface area contributed by atoms with Crippen molar-refractivity contribution in [1.82, 2.24) is 9.61 Å². The molecule has 0 saturated carbocycles. The lowest BCUT2D eigenvalue weighted by Crippen LogP contribution is -2.01. The van der Waals surface area contributed by atoms with E-state index in [1.165, 1.54) is 24.7 Å². The Kier molecular flexibility index (Phi) is 2.44. The van der Waals surface area contributed by atoms with Crippen molar-refractivity contribution < 1.29 is 14.3 Å². The smallest absolute Gasteiger partial charge is 0.341 e. The zero-order valence-electron chi connectivity index (χ0n) is 8.93. The summed E-state index contributed by atoms with van der Waals surface area (Å²) in [6.45, 7) is 1.47. The normalized spacial score (nSPS) is 10.4. The number of pyridine rings is 1. The van der Waals surface area contributed by atoms with E-state index in [4.69, 9.17) is 0 Å². The van der Waals surface area contributed by atoms with Crippen molar-refractivity contribution in [2.75, 3.05) is 7.11 Å². The zero-order valence-corrected chi connectivity index (χ0v) is 8.93. The summed E-state index contributed by atoms with van der Waals surface area (Å²) in [6, 6.07) is 3.28. The van der Waals surface area contributed by atoms with Crippen LogP contribution in [-0.4, -0.2) is 28.5 Å². The molecular formula is C11H10N2O3. The third-order valence-electron chi connectivity index (χ3n) is 2.33. The first-order valence-corrected chi connectivity index (χ1v) is 4.70. The van der Waals surface area contributed by atoms with Crippen molar-refractivity contribution >= 4 is 17.3 Å². The quantitative estimate of drug-likeness (QED) is 0.563. The monoisotopic (exact) mass is 218 g/mol. The first-order valence-electron chi connectivity index (χ1n) is 4.70. The molecule has 82 valence electrons. The summed E-state index contributed by atoms with van der Waals surface area (Å²) >= 11 is 0. The van der Waals surface area contributed by atoms with Gasteiger partial charge in [0.05, 0.1) is 18.8 Å². The molecule has 0 atom stereocenters. The Balaban J connectivity index is 2.64. The van der Waals surface area contributed by atoms with E-state index in [2.05, 4.69) is 9.84 Å². The fourth-order valence-electron chi connectivity index (χ4n) is 1.47. The summed E-state index contributed by atoms with van der Waals surface area (Å²) in [5.41, 5.74) is 1.46. The number of methoxy groups -OCH3 is 1. The zero-order chi connectivity index (χ0) is 11.7. The van der Waals surface area contributed by atoms with Crippen LogP contribution in [0, 0.1) is 0 Å². The van der Waals surface area contributed by atoms with Gasteiger partial charge in [0.1, 0.15) is 5.56 Å². The summed E-state index contributed by atoms with van der Waals surface area (Å²) < 4.78 is 6.15. The molecule has 0 unspecified atom stereocenters. The van der Waals surface area contributed by atoms with Crippen molar-refractivity contribution in [1.29, 1.82) is 0 Å². The summed E-state index contributed by atoms with van der Waals surface area (Å²) in [4.78, 5) is 22.6. The first kappa shape index (κ1) is 10.4. The number of ether oxygens (including phenoxy) is 1. The van der Waals surface area contributed by atoms with Gasteiger partial charge in [0.2, 0.25) is 0 Å². The van der Waals surface area contributed by atoms with Crippen LogP contribution < -0.4 is 0 Å². The lowest BCUT2D eigenvalue weighted by Gasteiger charge is -1.99. The van der Waals surface area contributed by atoms with Crippen LogP contribution in [0.3, 0.4) is 0 Å². The molecule has 0 aliphatic rings. The highest BCUT2D eigenvalue weighted by molar-refractivity contribution is 6.00. The van der Waals surface area contributed by atoms with Gasteiger partial charge in [-0.05, 0) is 19.1 Å². The molecule has 0 spiro atoms. The van der Waals surface area contributed by atoms with Crippen LogP contribution >= 0.6 is 0 Å². The van der Waals surface area contributed by atoms with Gasteiger partial charge in [-0.1, -0.05) is 0 Å².